The summed E-state index contributed by atoms with van der Waals surface area (Å²) in [4.78, 5) is 0. The standard InChI is InChI=1S/C27H31FN4/c1-4-21(3)20-30-32(5-2)19-18-29-27-24(22-12-8-6-9-13-22)16-17-25(26(27)28)31-23-14-10-7-11-15-23/h5-17,20-21,29,31H,2,4,18-19H2,1,3H3/b30-20-. The van der Waals surface area contributed by atoms with Crippen LogP contribution in [0.15, 0.2) is 90.7 Å². The second kappa shape index (κ2) is 11.7. The normalized spacial score (nSPS) is 11.8. The minimum Gasteiger partial charge on any atom is -0.380 e. The summed E-state index contributed by atoms with van der Waals surface area (Å²) < 4.78 is 15.6. The lowest BCUT2D eigenvalue weighted by molar-refractivity contribution is 0.414. The zero-order valence-electron chi connectivity index (χ0n) is 18.8. The number of hydrogen-bond donors (Lipinski definition) is 2. The van der Waals surface area contributed by atoms with Gasteiger partial charge in [0, 0.05) is 30.2 Å². The molecule has 0 radical (unpaired) electrons. The lowest BCUT2D eigenvalue weighted by Crippen LogP contribution is -2.21. The Morgan fingerprint density at radius 3 is 2.38 bits per heavy atom. The largest absolute Gasteiger partial charge is 0.380 e. The molecule has 4 nitrogen and oxygen atoms in total. The number of hydrazone groups is 1. The average molecular weight is 431 g/mol. The number of benzene rings is 3. The van der Waals surface area contributed by atoms with Gasteiger partial charge in [-0.2, -0.15) is 5.10 Å². The lowest BCUT2D eigenvalue weighted by Gasteiger charge is -2.19. The van der Waals surface area contributed by atoms with Gasteiger partial charge in [-0.25, -0.2) is 4.39 Å². The van der Waals surface area contributed by atoms with Crippen molar-refractivity contribution in [2.75, 3.05) is 23.7 Å². The van der Waals surface area contributed by atoms with E-state index in [1.807, 2.05) is 72.9 Å². The van der Waals surface area contributed by atoms with Crippen LogP contribution in [0.5, 0.6) is 0 Å². The van der Waals surface area contributed by atoms with Crippen LogP contribution >= 0.6 is 0 Å². The van der Waals surface area contributed by atoms with Gasteiger partial charge in [-0.3, -0.25) is 5.01 Å². The van der Waals surface area contributed by atoms with Crippen molar-refractivity contribution in [1.29, 1.82) is 0 Å². The first kappa shape index (κ1) is 23.1. The molecule has 166 valence electrons. The van der Waals surface area contributed by atoms with E-state index in [-0.39, 0.29) is 5.82 Å². The summed E-state index contributed by atoms with van der Waals surface area (Å²) in [5.41, 5.74) is 3.49. The molecule has 0 heterocycles. The first-order valence-corrected chi connectivity index (χ1v) is 11.0. The van der Waals surface area contributed by atoms with Crippen molar-refractivity contribution in [3.05, 3.63) is 91.4 Å². The van der Waals surface area contributed by atoms with Crippen LogP contribution in [0.4, 0.5) is 21.5 Å². The van der Waals surface area contributed by atoms with Gasteiger partial charge in [-0.15, -0.1) is 0 Å². The number of hydrogen-bond acceptors (Lipinski definition) is 4. The summed E-state index contributed by atoms with van der Waals surface area (Å²) in [6.07, 6.45) is 4.63. The summed E-state index contributed by atoms with van der Waals surface area (Å²) in [7, 11) is 0. The molecule has 0 saturated heterocycles. The SMILES string of the molecule is C=CN(CCNc1c(-c2ccccc2)ccc(Nc2ccccc2)c1F)/N=C\C(C)CC. The van der Waals surface area contributed by atoms with E-state index in [1.54, 1.807) is 17.3 Å². The molecule has 0 aliphatic rings. The second-order valence-corrected chi connectivity index (χ2v) is 7.63. The quantitative estimate of drug-likeness (QED) is 0.251. The molecule has 0 aliphatic heterocycles. The molecule has 0 aromatic heterocycles. The third-order valence-corrected chi connectivity index (χ3v) is 5.25. The molecule has 3 rings (SSSR count). The maximum absolute atomic E-state index is 15.6. The summed E-state index contributed by atoms with van der Waals surface area (Å²) in [5, 5.41) is 12.7. The predicted molar refractivity (Wildman–Crippen MR) is 135 cm³/mol. The van der Waals surface area contributed by atoms with Gasteiger partial charge in [0.15, 0.2) is 5.82 Å². The van der Waals surface area contributed by atoms with E-state index in [4.69, 9.17) is 0 Å². The van der Waals surface area contributed by atoms with Crippen LogP contribution in [0.1, 0.15) is 20.3 Å². The number of nitrogens with zero attached hydrogens (tertiary/aromatic N) is 2. The van der Waals surface area contributed by atoms with Crippen LogP contribution in [-0.2, 0) is 0 Å². The van der Waals surface area contributed by atoms with Crippen LogP contribution in [0, 0.1) is 11.7 Å². The number of para-hydroxylation sites is 1. The highest BCUT2D eigenvalue weighted by atomic mass is 19.1. The first-order chi connectivity index (χ1) is 15.6. The van der Waals surface area contributed by atoms with E-state index >= 15 is 4.39 Å². The molecular formula is C27H31FN4. The van der Waals surface area contributed by atoms with E-state index in [9.17, 15) is 0 Å². The van der Waals surface area contributed by atoms with Crippen molar-refractivity contribution >= 4 is 23.3 Å². The van der Waals surface area contributed by atoms with E-state index < -0.39 is 0 Å². The highest BCUT2D eigenvalue weighted by molar-refractivity contribution is 5.82. The maximum Gasteiger partial charge on any atom is 0.170 e. The topological polar surface area (TPSA) is 39.7 Å². The Kier molecular flexibility index (Phi) is 8.44. The highest BCUT2D eigenvalue weighted by Crippen LogP contribution is 2.35. The molecule has 3 aromatic carbocycles. The second-order valence-electron chi connectivity index (χ2n) is 7.63. The smallest absolute Gasteiger partial charge is 0.170 e. The molecular weight excluding hydrogens is 399 g/mol. The molecule has 1 atom stereocenters. The zero-order valence-corrected chi connectivity index (χ0v) is 18.8. The third kappa shape index (κ3) is 6.20. The summed E-state index contributed by atoms with van der Waals surface area (Å²) in [6.45, 7) is 9.16. The monoisotopic (exact) mass is 430 g/mol. The summed E-state index contributed by atoms with van der Waals surface area (Å²) in [6, 6.07) is 23.1. The molecule has 0 spiro atoms. The number of halogens is 1. The predicted octanol–water partition coefficient (Wildman–Crippen LogP) is 7.13. The molecule has 0 amide bonds. The molecule has 5 heteroatoms. The van der Waals surface area contributed by atoms with Crippen molar-refractivity contribution in [3.8, 4) is 11.1 Å². The Labute approximate surface area is 190 Å². The van der Waals surface area contributed by atoms with E-state index in [2.05, 4.69) is 36.2 Å². The van der Waals surface area contributed by atoms with E-state index in [0.717, 1.165) is 23.2 Å². The zero-order chi connectivity index (χ0) is 22.8. The van der Waals surface area contributed by atoms with Crippen molar-refractivity contribution in [1.82, 2.24) is 5.01 Å². The fourth-order valence-electron chi connectivity index (χ4n) is 3.18. The Morgan fingerprint density at radius 1 is 1.03 bits per heavy atom. The van der Waals surface area contributed by atoms with Gasteiger partial charge in [0.05, 0.1) is 17.9 Å². The summed E-state index contributed by atoms with van der Waals surface area (Å²) >= 11 is 0. The number of anilines is 3. The number of rotatable bonds is 11. The highest BCUT2D eigenvalue weighted by Gasteiger charge is 2.15. The molecule has 32 heavy (non-hydrogen) atoms. The fourth-order valence-corrected chi connectivity index (χ4v) is 3.18. The van der Waals surface area contributed by atoms with Crippen LogP contribution in [0.3, 0.4) is 0 Å². The Hall–Kier alpha value is -3.60. The minimum absolute atomic E-state index is 0.316. The van der Waals surface area contributed by atoms with Crippen LogP contribution in [0.25, 0.3) is 11.1 Å². The molecule has 1 unspecified atom stereocenters. The van der Waals surface area contributed by atoms with Crippen molar-refractivity contribution < 1.29 is 4.39 Å². The van der Waals surface area contributed by atoms with Gasteiger partial charge in [-0.1, -0.05) is 75.0 Å². The molecule has 0 aliphatic carbocycles. The Balaban J connectivity index is 1.83. The molecule has 0 bridgehead atoms. The van der Waals surface area contributed by atoms with Gasteiger partial charge in [-0.05, 0) is 36.1 Å². The first-order valence-electron chi connectivity index (χ1n) is 11.0. The third-order valence-electron chi connectivity index (χ3n) is 5.25. The van der Waals surface area contributed by atoms with Crippen LogP contribution in [-0.4, -0.2) is 24.3 Å². The van der Waals surface area contributed by atoms with Crippen LogP contribution < -0.4 is 10.6 Å². The Bertz CT molecular complexity index is 1020. The van der Waals surface area contributed by atoms with E-state index in [1.165, 1.54) is 0 Å². The average Bonchev–Trinajstić information content (AvgIpc) is 2.84. The van der Waals surface area contributed by atoms with Gasteiger partial charge < -0.3 is 10.6 Å². The molecule has 2 N–H and O–H groups in total. The minimum atomic E-state index is -0.316. The van der Waals surface area contributed by atoms with Gasteiger partial charge in [0.1, 0.15) is 0 Å². The van der Waals surface area contributed by atoms with Crippen molar-refractivity contribution in [2.45, 2.75) is 20.3 Å². The van der Waals surface area contributed by atoms with E-state index in [0.29, 0.717) is 30.4 Å². The fraction of sp³-hybridized carbons (Fsp3) is 0.222. The van der Waals surface area contributed by atoms with Crippen molar-refractivity contribution in [2.24, 2.45) is 11.0 Å². The van der Waals surface area contributed by atoms with Crippen molar-refractivity contribution in [3.63, 3.8) is 0 Å². The van der Waals surface area contributed by atoms with Crippen LogP contribution in [0.2, 0.25) is 0 Å². The van der Waals surface area contributed by atoms with Gasteiger partial charge in [0.2, 0.25) is 0 Å². The summed E-state index contributed by atoms with van der Waals surface area (Å²) in [5.74, 6) is 0.0803. The maximum atomic E-state index is 15.6. The van der Waals surface area contributed by atoms with Gasteiger partial charge in [0.25, 0.3) is 0 Å². The molecule has 0 fully saturated rings. The Morgan fingerprint density at radius 2 is 1.72 bits per heavy atom. The van der Waals surface area contributed by atoms with Gasteiger partial charge >= 0.3 is 0 Å². The number of nitrogens with one attached hydrogen (secondary N) is 2. The molecule has 3 aromatic rings. The molecule has 0 saturated carbocycles. The lowest BCUT2D eigenvalue weighted by atomic mass is 10.0.